The molecule has 1 fully saturated rings. The molecule has 2 rings (SSSR count). The zero-order valence-corrected chi connectivity index (χ0v) is 10.6. The van der Waals surface area contributed by atoms with Crippen molar-refractivity contribution in [3.05, 3.63) is 27.7 Å². The minimum absolute atomic E-state index is 0.430. The van der Waals surface area contributed by atoms with Crippen LogP contribution in [0, 0.1) is 6.92 Å². The zero-order valence-electron chi connectivity index (χ0n) is 9.01. The summed E-state index contributed by atoms with van der Waals surface area (Å²) in [7, 11) is 1.67. The Bertz CT molecular complexity index is 360. The Morgan fingerprint density at radius 3 is 2.60 bits per heavy atom. The van der Waals surface area contributed by atoms with Gasteiger partial charge < -0.3 is 9.84 Å². The number of aryl methyl sites for hydroxylation is 1. The zero-order chi connectivity index (χ0) is 11.1. The largest absolute Gasteiger partial charge is 0.495 e. The van der Waals surface area contributed by atoms with Crippen LogP contribution in [0.5, 0.6) is 5.75 Å². The second-order valence-corrected chi connectivity index (χ2v) is 5.18. The van der Waals surface area contributed by atoms with Crippen molar-refractivity contribution in [2.24, 2.45) is 0 Å². The molecule has 0 bridgehead atoms. The van der Waals surface area contributed by atoms with Gasteiger partial charge >= 0.3 is 0 Å². The third-order valence-electron chi connectivity index (χ3n) is 2.85. The molecule has 1 aliphatic carbocycles. The molecule has 82 valence electrons. The summed E-state index contributed by atoms with van der Waals surface area (Å²) in [6, 6.07) is 4.11. The number of methoxy groups -OCH3 is 1. The van der Waals surface area contributed by atoms with Crippen LogP contribution in [0.4, 0.5) is 0 Å². The monoisotopic (exact) mass is 270 g/mol. The minimum atomic E-state index is -0.430. The van der Waals surface area contributed by atoms with Crippen LogP contribution in [0.25, 0.3) is 0 Å². The molecule has 1 aromatic carbocycles. The van der Waals surface area contributed by atoms with Gasteiger partial charge in [0.1, 0.15) is 5.75 Å². The first-order chi connectivity index (χ1) is 7.04. The standard InChI is InChI=1S/C12H15BrO2/c1-8-5-9(7-12(14)3-4-12)6-10(13)11(8)15-2/h5-6,14H,3-4,7H2,1-2H3. The highest BCUT2D eigenvalue weighted by Gasteiger charge is 2.40. The van der Waals surface area contributed by atoms with Gasteiger partial charge in [0.2, 0.25) is 0 Å². The minimum Gasteiger partial charge on any atom is -0.495 e. The van der Waals surface area contributed by atoms with Crippen molar-refractivity contribution in [3.63, 3.8) is 0 Å². The van der Waals surface area contributed by atoms with Gasteiger partial charge in [-0.3, -0.25) is 0 Å². The van der Waals surface area contributed by atoms with E-state index in [0.717, 1.165) is 35.0 Å². The van der Waals surface area contributed by atoms with E-state index in [1.54, 1.807) is 7.11 Å². The summed E-state index contributed by atoms with van der Waals surface area (Å²) >= 11 is 3.48. The summed E-state index contributed by atoms with van der Waals surface area (Å²) in [6.45, 7) is 2.02. The molecular formula is C12H15BrO2. The van der Waals surface area contributed by atoms with Crippen LogP contribution in [0.3, 0.4) is 0 Å². The molecule has 0 unspecified atom stereocenters. The number of halogens is 1. The van der Waals surface area contributed by atoms with Crippen molar-refractivity contribution in [1.29, 1.82) is 0 Å². The Hall–Kier alpha value is -0.540. The van der Waals surface area contributed by atoms with Crippen LogP contribution in [-0.4, -0.2) is 17.8 Å². The summed E-state index contributed by atoms with van der Waals surface area (Å²) in [5.41, 5.74) is 1.84. The number of hydrogen-bond donors (Lipinski definition) is 1. The normalized spacial score (nSPS) is 17.6. The average molecular weight is 271 g/mol. The predicted octanol–water partition coefficient (Wildman–Crippen LogP) is 2.83. The molecular weight excluding hydrogens is 256 g/mol. The van der Waals surface area contributed by atoms with Crippen molar-refractivity contribution < 1.29 is 9.84 Å². The fourth-order valence-electron chi connectivity index (χ4n) is 1.86. The fourth-order valence-corrected chi connectivity index (χ4v) is 2.63. The summed E-state index contributed by atoms with van der Waals surface area (Å²) < 4.78 is 6.23. The van der Waals surface area contributed by atoms with E-state index in [2.05, 4.69) is 22.0 Å². The maximum atomic E-state index is 9.84. The molecule has 0 radical (unpaired) electrons. The average Bonchev–Trinajstić information content (AvgIpc) is 2.82. The third-order valence-corrected chi connectivity index (χ3v) is 3.44. The van der Waals surface area contributed by atoms with Gasteiger partial charge in [-0.05, 0) is 52.9 Å². The fraction of sp³-hybridized carbons (Fsp3) is 0.500. The van der Waals surface area contributed by atoms with E-state index in [4.69, 9.17) is 4.74 Å². The number of benzene rings is 1. The lowest BCUT2D eigenvalue weighted by atomic mass is 10.0. The molecule has 3 heteroatoms. The van der Waals surface area contributed by atoms with E-state index in [0.29, 0.717) is 0 Å². The van der Waals surface area contributed by atoms with Crippen LogP contribution >= 0.6 is 15.9 Å². The van der Waals surface area contributed by atoms with Crippen LogP contribution in [0.1, 0.15) is 24.0 Å². The first-order valence-corrected chi connectivity index (χ1v) is 5.89. The highest BCUT2D eigenvalue weighted by molar-refractivity contribution is 9.10. The number of hydrogen-bond acceptors (Lipinski definition) is 2. The molecule has 0 saturated heterocycles. The Kier molecular flexibility index (Phi) is 2.77. The Labute approximate surface area is 98.4 Å². The highest BCUT2D eigenvalue weighted by atomic mass is 79.9. The van der Waals surface area contributed by atoms with Crippen LogP contribution in [0.15, 0.2) is 16.6 Å². The lowest BCUT2D eigenvalue weighted by Crippen LogP contribution is -2.10. The van der Waals surface area contributed by atoms with Gasteiger partial charge in [0, 0.05) is 6.42 Å². The second kappa shape index (κ2) is 3.80. The van der Waals surface area contributed by atoms with Crippen LogP contribution < -0.4 is 4.74 Å². The lowest BCUT2D eigenvalue weighted by Gasteiger charge is -2.12. The molecule has 1 aliphatic rings. The predicted molar refractivity (Wildman–Crippen MR) is 63.3 cm³/mol. The first-order valence-electron chi connectivity index (χ1n) is 5.09. The van der Waals surface area contributed by atoms with Gasteiger partial charge in [0.25, 0.3) is 0 Å². The van der Waals surface area contributed by atoms with E-state index < -0.39 is 5.60 Å². The van der Waals surface area contributed by atoms with Gasteiger partial charge in [-0.25, -0.2) is 0 Å². The van der Waals surface area contributed by atoms with E-state index in [9.17, 15) is 5.11 Å². The second-order valence-electron chi connectivity index (χ2n) is 4.33. The molecule has 1 aromatic rings. The van der Waals surface area contributed by atoms with Crippen molar-refractivity contribution in [2.75, 3.05) is 7.11 Å². The summed E-state index contributed by atoms with van der Waals surface area (Å²) in [6.07, 6.45) is 2.60. The van der Waals surface area contributed by atoms with Gasteiger partial charge in [0.15, 0.2) is 0 Å². The van der Waals surface area contributed by atoms with Crippen molar-refractivity contribution in [3.8, 4) is 5.75 Å². The summed E-state index contributed by atoms with van der Waals surface area (Å²) in [4.78, 5) is 0. The maximum Gasteiger partial charge on any atom is 0.135 e. The molecule has 0 aliphatic heterocycles. The lowest BCUT2D eigenvalue weighted by molar-refractivity contribution is 0.151. The summed E-state index contributed by atoms with van der Waals surface area (Å²) in [5, 5.41) is 9.84. The molecule has 0 heterocycles. The SMILES string of the molecule is COc1c(C)cc(CC2(O)CC2)cc1Br. The third kappa shape index (κ3) is 2.34. The van der Waals surface area contributed by atoms with Crippen LogP contribution in [0.2, 0.25) is 0 Å². The van der Waals surface area contributed by atoms with E-state index in [-0.39, 0.29) is 0 Å². The molecule has 0 amide bonds. The van der Waals surface area contributed by atoms with Gasteiger partial charge in [-0.2, -0.15) is 0 Å². The Morgan fingerprint density at radius 1 is 1.47 bits per heavy atom. The van der Waals surface area contributed by atoms with E-state index in [1.165, 1.54) is 5.56 Å². The molecule has 1 saturated carbocycles. The topological polar surface area (TPSA) is 29.5 Å². The van der Waals surface area contributed by atoms with Gasteiger partial charge in [0.05, 0.1) is 17.2 Å². The molecule has 0 atom stereocenters. The van der Waals surface area contributed by atoms with Gasteiger partial charge in [-0.1, -0.05) is 6.07 Å². The molecule has 1 N–H and O–H groups in total. The number of rotatable bonds is 3. The molecule has 0 aromatic heterocycles. The Morgan fingerprint density at radius 2 is 2.13 bits per heavy atom. The number of aliphatic hydroxyl groups is 1. The number of ether oxygens (including phenoxy) is 1. The molecule has 0 spiro atoms. The molecule has 2 nitrogen and oxygen atoms in total. The molecule has 15 heavy (non-hydrogen) atoms. The van der Waals surface area contributed by atoms with Crippen molar-refractivity contribution in [1.82, 2.24) is 0 Å². The Balaban J connectivity index is 2.26. The highest BCUT2D eigenvalue weighted by Crippen LogP contribution is 2.40. The smallest absolute Gasteiger partial charge is 0.135 e. The summed E-state index contributed by atoms with van der Waals surface area (Å²) in [5.74, 6) is 0.876. The van der Waals surface area contributed by atoms with E-state index >= 15 is 0 Å². The van der Waals surface area contributed by atoms with Crippen molar-refractivity contribution >= 4 is 15.9 Å². The first kappa shape index (κ1) is 11.0. The van der Waals surface area contributed by atoms with Gasteiger partial charge in [-0.15, -0.1) is 0 Å². The van der Waals surface area contributed by atoms with E-state index in [1.807, 2.05) is 13.0 Å². The van der Waals surface area contributed by atoms with Crippen molar-refractivity contribution in [2.45, 2.75) is 31.8 Å². The maximum absolute atomic E-state index is 9.84. The van der Waals surface area contributed by atoms with Crippen LogP contribution in [-0.2, 0) is 6.42 Å². The quantitative estimate of drug-likeness (QED) is 0.916.